The zero-order valence-electron chi connectivity index (χ0n) is 11.2. The van der Waals surface area contributed by atoms with Gasteiger partial charge in [0.2, 0.25) is 0 Å². The van der Waals surface area contributed by atoms with E-state index in [2.05, 4.69) is 5.32 Å². The molecule has 1 aromatic carbocycles. The molecule has 0 aliphatic carbocycles. The van der Waals surface area contributed by atoms with Crippen molar-refractivity contribution in [3.05, 3.63) is 35.4 Å². The average molecular weight is 278 g/mol. The maximum atomic E-state index is 12.0. The number of aliphatic hydroxyl groups is 1. The molecule has 1 aromatic rings. The van der Waals surface area contributed by atoms with Gasteiger partial charge in [0.25, 0.3) is 0 Å². The highest BCUT2D eigenvalue weighted by Crippen LogP contribution is 2.18. The number of hydrogen-bond acceptors (Lipinski definition) is 3. The summed E-state index contributed by atoms with van der Waals surface area (Å²) in [7, 11) is 0. The summed E-state index contributed by atoms with van der Waals surface area (Å²) in [6.07, 6.45) is -0.700. The third-order valence-electron chi connectivity index (χ3n) is 3.39. The van der Waals surface area contributed by atoms with Gasteiger partial charge in [0.15, 0.2) is 0 Å². The molecule has 0 saturated carbocycles. The van der Waals surface area contributed by atoms with E-state index in [1.54, 1.807) is 0 Å². The van der Waals surface area contributed by atoms with Crippen LogP contribution in [-0.2, 0) is 11.3 Å². The lowest BCUT2D eigenvalue weighted by Gasteiger charge is -2.21. The Kier molecular flexibility index (Phi) is 4.24. The first kappa shape index (κ1) is 14.3. The van der Waals surface area contributed by atoms with Crippen LogP contribution in [0.5, 0.6) is 0 Å². The number of aliphatic carboxylic acids is 1. The average Bonchev–Trinajstić information content (AvgIpc) is 2.80. The second-order valence-corrected chi connectivity index (χ2v) is 5.04. The Labute approximate surface area is 117 Å². The van der Waals surface area contributed by atoms with Gasteiger partial charge >= 0.3 is 12.0 Å². The number of β-amino-alcohol motifs (C(OH)–C–C–N with tert-alkyl or cyclic N) is 1. The summed E-state index contributed by atoms with van der Waals surface area (Å²) in [5.74, 6) is -1.09. The Hall–Kier alpha value is -2.08. The molecule has 1 heterocycles. The Bertz CT molecular complexity index is 500. The van der Waals surface area contributed by atoms with Crippen LogP contribution < -0.4 is 5.32 Å². The maximum absolute atomic E-state index is 12.0. The van der Waals surface area contributed by atoms with Crippen LogP contribution >= 0.6 is 0 Å². The van der Waals surface area contributed by atoms with Gasteiger partial charge in [-0.1, -0.05) is 29.8 Å². The molecule has 1 aliphatic heterocycles. The number of amides is 2. The Morgan fingerprint density at radius 3 is 2.60 bits per heavy atom. The summed E-state index contributed by atoms with van der Waals surface area (Å²) in [6, 6.07) is 6.28. The quantitative estimate of drug-likeness (QED) is 0.760. The molecule has 0 radical (unpaired) electrons. The molecule has 108 valence electrons. The number of aliphatic hydroxyl groups excluding tert-OH is 1. The lowest BCUT2D eigenvalue weighted by atomic mass is 10.1. The largest absolute Gasteiger partial charge is 0.480 e. The number of urea groups is 1. The molecule has 1 aliphatic rings. The molecular weight excluding hydrogens is 260 g/mol. The monoisotopic (exact) mass is 278 g/mol. The van der Waals surface area contributed by atoms with Crippen molar-refractivity contribution in [1.82, 2.24) is 10.2 Å². The molecule has 0 bridgehead atoms. The number of carbonyl (C=O) groups excluding carboxylic acids is 1. The second kappa shape index (κ2) is 5.92. The molecule has 1 fully saturated rings. The minimum absolute atomic E-state index is 0.0523. The number of carboxylic acid groups (broad SMARTS) is 1. The highest BCUT2D eigenvalue weighted by molar-refractivity contribution is 5.83. The molecule has 6 heteroatoms. The summed E-state index contributed by atoms with van der Waals surface area (Å²) >= 11 is 0. The maximum Gasteiger partial charge on any atom is 0.326 e. The van der Waals surface area contributed by atoms with Crippen LogP contribution in [0.3, 0.4) is 0 Å². The molecule has 2 rings (SSSR count). The first-order valence-electron chi connectivity index (χ1n) is 6.48. The number of aryl methyl sites for hydroxylation is 1. The Balaban J connectivity index is 1.94. The molecular formula is C14H18N2O4. The minimum atomic E-state index is -1.09. The van der Waals surface area contributed by atoms with E-state index in [1.165, 1.54) is 4.90 Å². The normalized spacial score (nSPS) is 21.8. The van der Waals surface area contributed by atoms with Crippen LogP contribution in [0.1, 0.15) is 17.5 Å². The van der Waals surface area contributed by atoms with E-state index in [4.69, 9.17) is 5.11 Å². The van der Waals surface area contributed by atoms with Crippen molar-refractivity contribution in [1.29, 1.82) is 0 Å². The zero-order valence-corrected chi connectivity index (χ0v) is 11.2. The smallest absolute Gasteiger partial charge is 0.326 e. The third-order valence-corrected chi connectivity index (χ3v) is 3.39. The highest BCUT2D eigenvalue weighted by atomic mass is 16.4. The first-order chi connectivity index (χ1) is 9.47. The van der Waals surface area contributed by atoms with Crippen molar-refractivity contribution >= 4 is 12.0 Å². The Morgan fingerprint density at radius 2 is 2.00 bits per heavy atom. The molecule has 1 saturated heterocycles. The summed E-state index contributed by atoms with van der Waals surface area (Å²) in [5.41, 5.74) is 2.07. The van der Waals surface area contributed by atoms with Crippen LogP contribution in [0.25, 0.3) is 0 Å². The van der Waals surface area contributed by atoms with E-state index >= 15 is 0 Å². The molecule has 6 nitrogen and oxygen atoms in total. The van der Waals surface area contributed by atoms with E-state index < -0.39 is 24.1 Å². The van der Waals surface area contributed by atoms with Gasteiger partial charge < -0.3 is 20.4 Å². The van der Waals surface area contributed by atoms with Gasteiger partial charge in [-0.05, 0) is 12.5 Å². The van der Waals surface area contributed by atoms with Crippen molar-refractivity contribution < 1.29 is 19.8 Å². The van der Waals surface area contributed by atoms with Gasteiger partial charge in [0.1, 0.15) is 6.04 Å². The summed E-state index contributed by atoms with van der Waals surface area (Å²) in [5, 5.41) is 21.2. The van der Waals surface area contributed by atoms with E-state index in [-0.39, 0.29) is 13.0 Å². The number of benzene rings is 1. The lowest BCUT2D eigenvalue weighted by molar-refractivity contribution is -0.141. The van der Waals surface area contributed by atoms with Crippen molar-refractivity contribution in [2.45, 2.75) is 32.0 Å². The predicted octanol–water partition coefficient (Wildman–Crippen LogP) is 0.724. The van der Waals surface area contributed by atoms with E-state index in [0.29, 0.717) is 6.54 Å². The zero-order chi connectivity index (χ0) is 14.7. The summed E-state index contributed by atoms with van der Waals surface area (Å²) in [4.78, 5) is 24.2. The van der Waals surface area contributed by atoms with Gasteiger partial charge in [0, 0.05) is 19.5 Å². The molecule has 3 N–H and O–H groups in total. The summed E-state index contributed by atoms with van der Waals surface area (Å²) in [6.45, 7) is 2.36. The number of rotatable bonds is 3. The van der Waals surface area contributed by atoms with Crippen molar-refractivity contribution in [3.63, 3.8) is 0 Å². The van der Waals surface area contributed by atoms with Gasteiger partial charge in [-0.25, -0.2) is 9.59 Å². The predicted molar refractivity (Wildman–Crippen MR) is 72.2 cm³/mol. The van der Waals surface area contributed by atoms with Crippen LogP contribution in [0.2, 0.25) is 0 Å². The number of hydrogen-bond donors (Lipinski definition) is 3. The first-order valence-corrected chi connectivity index (χ1v) is 6.48. The van der Waals surface area contributed by atoms with Crippen LogP contribution in [0.4, 0.5) is 4.79 Å². The molecule has 2 atom stereocenters. The molecule has 0 aromatic heterocycles. The van der Waals surface area contributed by atoms with Crippen molar-refractivity contribution in [2.24, 2.45) is 0 Å². The number of nitrogens with zero attached hydrogens (tertiary/aromatic N) is 1. The SMILES string of the molecule is Cc1ccc(CNC(=O)N2C[C@@H](O)C[C@H]2C(=O)O)cc1. The van der Waals surface area contributed by atoms with E-state index in [0.717, 1.165) is 11.1 Å². The third kappa shape index (κ3) is 3.27. The number of carboxylic acids is 1. The lowest BCUT2D eigenvalue weighted by Crippen LogP contribution is -2.45. The van der Waals surface area contributed by atoms with E-state index in [1.807, 2.05) is 31.2 Å². The summed E-state index contributed by atoms with van der Waals surface area (Å²) < 4.78 is 0. The molecule has 0 unspecified atom stereocenters. The van der Waals surface area contributed by atoms with Gasteiger partial charge in [-0.15, -0.1) is 0 Å². The van der Waals surface area contributed by atoms with E-state index in [9.17, 15) is 14.7 Å². The minimum Gasteiger partial charge on any atom is -0.480 e. The fourth-order valence-electron chi connectivity index (χ4n) is 2.26. The number of carbonyl (C=O) groups is 2. The molecule has 20 heavy (non-hydrogen) atoms. The fraction of sp³-hybridized carbons (Fsp3) is 0.429. The van der Waals surface area contributed by atoms with Gasteiger partial charge in [0.05, 0.1) is 6.10 Å². The topological polar surface area (TPSA) is 89.9 Å². The standard InChI is InChI=1S/C14H18N2O4/c1-9-2-4-10(5-3-9)7-15-14(20)16-8-11(17)6-12(16)13(18)19/h2-5,11-12,17H,6-8H2,1H3,(H,15,20)(H,18,19)/t11-,12-/m0/s1. The van der Waals surface area contributed by atoms with Gasteiger partial charge in [-0.2, -0.15) is 0 Å². The highest BCUT2D eigenvalue weighted by Gasteiger charge is 2.38. The van der Waals surface area contributed by atoms with Crippen LogP contribution in [0, 0.1) is 6.92 Å². The second-order valence-electron chi connectivity index (χ2n) is 5.04. The number of likely N-dealkylation sites (tertiary alicyclic amines) is 1. The van der Waals surface area contributed by atoms with Crippen LogP contribution in [-0.4, -0.2) is 45.8 Å². The van der Waals surface area contributed by atoms with Crippen molar-refractivity contribution in [2.75, 3.05) is 6.54 Å². The van der Waals surface area contributed by atoms with Crippen LogP contribution in [0.15, 0.2) is 24.3 Å². The van der Waals surface area contributed by atoms with Crippen molar-refractivity contribution in [3.8, 4) is 0 Å². The number of nitrogens with one attached hydrogen (secondary N) is 1. The fourth-order valence-corrected chi connectivity index (χ4v) is 2.26. The molecule has 0 spiro atoms. The Morgan fingerprint density at radius 1 is 1.35 bits per heavy atom. The molecule has 2 amide bonds. The van der Waals surface area contributed by atoms with Gasteiger partial charge in [-0.3, -0.25) is 0 Å².